The van der Waals surface area contributed by atoms with Crippen molar-refractivity contribution in [2.75, 3.05) is 13.1 Å². The average Bonchev–Trinajstić information content (AvgIpc) is 2.74. The summed E-state index contributed by atoms with van der Waals surface area (Å²) in [6.45, 7) is 9.70. The molecule has 1 heterocycles. The molecular formula is C14H26N2O4. The van der Waals surface area contributed by atoms with Crippen molar-refractivity contribution in [2.24, 2.45) is 17.1 Å². The molecule has 1 amide bonds. The van der Waals surface area contributed by atoms with Crippen molar-refractivity contribution in [3.05, 3.63) is 0 Å². The van der Waals surface area contributed by atoms with Gasteiger partial charge in [0.25, 0.3) is 0 Å². The van der Waals surface area contributed by atoms with Crippen molar-refractivity contribution in [3.8, 4) is 0 Å². The Morgan fingerprint density at radius 3 is 2.30 bits per heavy atom. The van der Waals surface area contributed by atoms with Gasteiger partial charge in [0, 0.05) is 19.1 Å². The fourth-order valence-electron chi connectivity index (χ4n) is 2.30. The maximum Gasteiger partial charge on any atom is 0.410 e. The summed E-state index contributed by atoms with van der Waals surface area (Å²) < 4.78 is 5.31. The Morgan fingerprint density at radius 2 is 1.85 bits per heavy atom. The fraction of sp³-hybridized carbons (Fsp3) is 0.857. The molecule has 20 heavy (non-hydrogen) atoms. The van der Waals surface area contributed by atoms with Gasteiger partial charge in [0.15, 0.2) is 0 Å². The molecule has 0 aliphatic carbocycles. The molecule has 3 N–H and O–H groups in total. The molecule has 116 valence electrons. The monoisotopic (exact) mass is 286 g/mol. The normalized spacial score (nSPS) is 21.7. The van der Waals surface area contributed by atoms with Gasteiger partial charge in [-0.2, -0.15) is 0 Å². The number of carboxylic acid groups (broad SMARTS) is 1. The Hall–Kier alpha value is -1.30. The first-order valence-corrected chi connectivity index (χ1v) is 6.92. The van der Waals surface area contributed by atoms with E-state index in [9.17, 15) is 14.7 Å². The van der Waals surface area contributed by atoms with Gasteiger partial charge < -0.3 is 20.5 Å². The minimum atomic E-state index is -1.01. The number of rotatable bonds is 3. The van der Waals surface area contributed by atoms with Crippen LogP contribution in [0.2, 0.25) is 0 Å². The van der Waals surface area contributed by atoms with E-state index in [1.165, 1.54) is 0 Å². The van der Waals surface area contributed by atoms with Crippen molar-refractivity contribution in [3.63, 3.8) is 0 Å². The minimum Gasteiger partial charge on any atom is -0.481 e. The number of likely N-dealkylation sites (tertiary alicyclic amines) is 1. The van der Waals surface area contributed by atoms with Gasteiger partial charge in [-0.3, -0.25) is 4.79 Å². The maximum absolute atomic E-state index is 12.0. The number of hydrogen-bond donors (Lipinski definition) is 2. The number of nitrogens with zero attached hydrogens (tertiary/aromatic N) is 1. The van der Waals surface area contributed by atoms with Crippen LogP contribution in [0, 0.1) is 11.3 Å². The average molecular weight is 286 g/mol. The number of amides is 1. The number of ether oxygens (including phenoxy) is 1. The van der Waals surface area contributed by atoms with Crippen LogP contribution < -0.4 is 5.73 Å². The van der Waals surface area contributed by atoms with Crippen molar-refractivity contribution >= 4 is 12.1 Å². The first-order valence-electron chi connectivity index (χ1n) is 6.92. The van der Waals surface area contributed by atoms with E-state index in [0.717, 1.165) is 0 Å². The largest absolute Gasteiger partial charge is 0.481 e. The van der Waals surface area contributed by atoms with Crippen LogP contribution in [0.25, 0.3) is 0 Å². The lowest BCUT2D eigenvalue weighted by atomic mass is 9.77. The highest BCUT2D eigenvalue weighted by Crippen LogP contribution is 2.31. The first-order chi connectivity index (χ1) is 8.95. The standard InChI is InChI=1S/C14H26N2O4/c1-13(2,3)20-12(19)16-7-6-9(8-16)10(15)14(4,5)11(17)18/h9-10H,6-8,15H2,1-5H3,(H,17,18). The van der Waals surface area contributed by atoms with Crippen LogP contribution in [0.5, 0.6) is 0 Å². The van der Waals surface area contributed by atoms with Crippen LogP contribution in [0.15, 0.2) is 0 Å². The van der Waals surface area contributed by atoms with Gasteiger partial charge in [-0.15, -0.1) is 0 Å². The van der Waals surface area contributed by atoms with E-state index in [1.807, 2.05) is 20.8 Å². The zero-order valence-corrected chi connectivity index (χ0v) is 13.0. The highest BCUT2D eigenvalue weighted by molar-refractivity contribution is 5.74. The molecule has 6 heteroatoms. The maximum atomic E-state index is 12.0. The topological polar surface area (TPSA) is 92.9 Å². The van der Waals surface area contributed by atoms with Crippen LogP contribution in [0.4, 0.5) is 4.79 Å². The molecule has 1 rings (SSSR count). The van der Waals surface area contributed by atoms with Crippen LogP contribution in [0.1, 0.15) is 41.0 Å². The molecule has 2 atom stereocenters. The summed E-state index contributed by atoms with van der Waals surface area (Å²) in [5.41, 5.74) is 4.55. The zero-order chi connectivity index (χ0) is 15.7. The lowest BCUT2D eigenvalue weighted by Crippen LogP contribution is -2.49. The van der Waals surface area contributed by atoms with Crippen molar-refractivity contribution in [1.29, 1.82) is 0 Å². The number of hydrogen-bond acceptors (Lipinski definition) is 4. The molecule has 1 saturated heterocycles. The smallest absolute Gasteiger partial charge is 0.410 e. The second kappa shape index (κ2) is 5.60. The molecule has 2 unspecified atom stereocenters. The number of carbonyl (C=O) groups excluding carboxylic acids is 1. The third-order valence-electron chi connectivity index (χ3n) is 3.77. The van der Waals surface area contributed by atoms with E-state index in [0.29, 0.717) is 19.5 Å². The molecule has 1 fully saturated rings. The summed E-state index contributed by atoms with van der Waals surface area (Å²) in [4.78, 5) is 24.8. The van der Waals surface area contributed by atoms with Gasteiger partial charge in [-0.1, -0.05) is 0 Å². The molecule has 0 aromatic heterocycles. The summed E-state index contributed by atoms with van der Waals surface area (Å²) in [5.74, 6) is -0.936. The Kier molecular flexibility index (Phi) is 4.69. The molecule has 1 aliphatic heterocycles. The van der Waals surface area contributed by atoms with Crippen LogP contribution in [-0.4, -0.2) is 46.8 Å². The van der Waals surface area contributed by atoms with Crippen LogP contribution in [-0.2, 0) is 9.53 Å². The highest BCUT2D eigenvalue weighted by atomic mass is 16.6. The summed E-state index contributed by atoms with van der Waals surface area (Å²) in [7, 11) is 0. The van der Waals surface area contributed by atoms with E-state index >= 15 is 0 Å². The summed E-state index contributed by atoms with van der Waals surface area (Å²) in [6.07, 6.45) is 0.345. The lowest BCUT2D eigenvalue weighted by Gasteiger charge is -2.31. The molecule has 1 aliphatic rings. The second-order valence-corrected chi connectivity index (χ2v) is 7.03. The van der Waals surface area contributed by atoms with E-state index in [-0.39, 0.29) is 12.0 Å². The molecule has 0 bridgehead atoms. The molecule has 0 aromatic carbocycles. The molecule has 6 nitrogen and oxygen atoms in total. The van der Waals surface area contributed by atoms with E-state index in [2.05, 4.69) is 0 Å². The first kappa shape index (κ1) is 16.8. The summed E-state index contributed by atoms with van der Waals surface area (Å²) in [5, 5.41) is 9.21. The summed E-state index contributed by atoms with van der Waals surface area (Å²) >= 11 is 0. The van der Waals surface area contributed by atoms with Gasteiger partial charge >= 0.3 is 12.1 Å². The van der Waals surface area contributed by atoms with Gasteiger partial charge in [0.05, 0.1) is 5.41 Å². The minimum absolute atomic E-state index is 0.0198. The third kappa shape index (κ3) is 3.85. The Balaban J connectivity index is 2.64. The SMILES string of the molecule is CC(C)(C)OC(=O)N1CCC(C(N)C(C)(C)C(=O)O)C1. The predicted molar refractivity (Wildman–Crippen MR) is 75.3 cm³/mol. The lowest BCUT2D eigenvalue weighted by molar-refractivity contribution is -0.148. The summed E-state index contributed by atoms with van der Waals surface area (Å²) in [6, 6.07) is -0.493. The van der Waals surface area contributed by atoms with Gasteiger partial charge in [-0.25, -0.2) is 4.79 Å². The molecule has 0 radical (unpaired) electrons. The Bertz CT molecular complexity index is 387. The van der Waals surface area contributed by atoms with Crippen molar-refractivity contribution in [1.82, 2.24) is 4.90 Å². The predicted octanol–water partition coefficient (Wildman–Crippen LogP) is 1.68. The number of aliphatic carboxylic acids is 1. The zero-order valence-electron chi connectivity index (χ0n) is 13.0. The number of nitrogens with two attached hydrogens (primary N) is 1. The third-order valence-corrected chi connectivity index (χ3v) is 3.77. The number of carboxylic acids is 1. The van der Waals surface area contributed by atoms with Gasteiger partial charge in [0.2, 0.25) is 0 Å². The van der Waals surface area contributed by atoms with Gasteiger partial charge in [-0.05, 0) is 47.0 Å². The van der Waals surface area contributed by atoms with Crippen molar-refractivity contribution < 1.29 is 19.4 Å². The Labute approximate surface area is 120 Å². The molecule has 0 aromatic rings. The van der Waals surface area contributed by atoms with Crippen LogP contribution >= 0.6 is 0 Å². The van der Waals surface area contributed by atoms with Crippen LogP contribution in [0.3, 0.4) is 0 Å². The van der Waals surface area contributed by atoms with Gasteiger partial charge in [0.1, 0.15) is 5.60 Å². The molecular weight excluding hydrogens is 260 g/mol. The van der Waals surface area contributed by atoms with E-state index in [4.69, 9.17) is 10.5 Å². The molecule has 0 spiro atoms. The second-order valence-electron chi connectivity index (χ2n) is 7.03. The van der Waals surface area contributed by atoms with Crippen molar-refractivity contribution in [2.45, 2.75) is 52.7 Å². The fourth-order valence-corrected chi connectivity index (χ4v) is 2.30. The quantitative estimate of drug-likeness (QED) is 0.823. The highest BCUT2D eigenvalue weighted by Gasteiger charge is 2.42. The van der Waals surface area contributed by atoms with E-state index < -0.39 is 23.0 Å². The Morgan fingerprint density at radius 1 is 1.30 bits per heavy atom. The van der Waals surface area contributed by atoms with E-state index in [1.54, 1.807) is 18.7 Å². The molecule has 0 saturated carbocycles. The number of carbonyl (C=O) groups is 2.